The van der Waals surface area contributed by atoms with E-state index in [4.69, 9.17) is 4.98 Å². The predicted octanol–water partition coefficient (Wildman–Crippen LogP) is 3.91. The molecule has 0 amide bonds. The monoisotopic (exact) mass is 301 g/mol. The normalized spacial score (nSPS) is 19.0. The van der Waals surface area contributed by atoms with Gasteiger partial charge in [0.15, 0.2) is 5.13 Å². The highest BCUT2D eigenvalue weighted by Gasteiger charge is 2.23. The fourth-order valence-corrected chi connectivity index (χ4v) is 4.17. The molecular formula is C17H23N3S. The van der Waals surface area contributed by atoms with Gasteiger partial charge >= 0.3 is 0 Å². The van der Waals surface area contributed by atoms with E-state index in [-0.39, 0.29) is 0 Å². The summed E-state index contributed by atoms with van der Waals surface area (Å²) in [7, 11) is 2.00. The van der Waals surface area contributed by atoms with Crippen molar-refractivity contribution in [2.24, 2.45) is 0 Å². The summed E-state index contributed by atoms with van der Waals surface area (Å²) in [6.07, 6.45) is 3.91. The summed E-state index contributed by atoms with van der Waals surface area (Å²) in [5.74, 6) is 0. The van der Waals surface area contributed by atoms with Crippen molar-refractivity contribution in [3.8, 4) is 11.3 Å². The van der Waals surface area contributed by atoms with Crippen LogP contribution in [0.3, 0.4) is 0 Å². The van der Waals surface area contributed by atoms with Gasteiger partial charge in [0.2, 0.25) is 0 Å². The molecule has 1 unspecified atom stereocenters. The van der Waals surface area contributed by atoms with Crippen molar-refractivity contribution >= 4 is 16.5 Å². The molecule has 0 spiro atoms. The van der Waals surface area contributed by atoms with Gasteiger partial charge in [-0.3, -0.25) is 0 Å². The zero-order valence-electron chi connectivity index (χ0n) is 12.8. The van der Waals surface area contributed by atoms with E-state index in [1.807, 2.05) is 18.4 Å². The molecule has 1 fully saturated rings. The van der Waals surface area contributed by atoms with Crippen LogP contribution in [0.15, 0.2) is 30.3 Å². The lowest BCUT2D eigenvalue weighted by Crippen LogP contribution is -2.37. The standard InChI is InChI=1S/C17H23N3S/c1-13-8-6-7-11-20(13)17-19-16(15(21-17)12-18-2)14-9-4-3-5-10-14/h3-5,9-10,13,18H,6-8,11-12H2,1-2H3. The van der Waals surface area contributed by atoms with Gasteiger partial charge in [-0.1, -0.05) is 41.7 Å². The Kier molecular flexibility index (Phi) is 4.56. The highest BCUT2D eigenvalue weighted by Crippen LogP contribution is 2.35. The first-order chi connectivity index (χ1) is 10.3. The molecule has 1 saturated heterocycles. The second-order valence-electron chi connectivity index (χ2n) is 5.70. The Bertz CT molecular complexity index is 579. The molecular weight excluding hydrogens is 278 g/mol. The van der Waals surface area contributed by atoms with Crippen LogP contribution in [0.5, 0.6) is 0 Å². The predicted molar refractivity (Wildman–Crippen MR) is 91.0 cm³/mol. The Morgan fingerprint density at radius 1 is 1.29 bits per heavy atom. The lowest BCUT2D eigenvalue weighted by molar-refractivity contribution is 0.484. The molecule has 0 bridgehead atoms. The van der Waals surface area contributed by atoms with Gasteiger partial charge < -0.3 is 10.2 Å². The highest BCUT2D eigenvalue weighted by atomic mass is 32.1. The average molecular weight is 301 g/mol. The molecule has 1 aromatic carbocycles. The van der Waals surface area contributed by atoms with Crippen molar-refractivity contribution in [1.82, 2.24) is 10.3 Å². The van der Waals surface area contributed by atoms with E-state index in [9.17, 15) is 0 Å². The lowest BCUT2D eigenvalue weighted by atomic mass is 10.0. The summed E-state index contributed by atoms with van der Waals surface area (Å²) >= 11 is 1.84. The Morgan fingerprint density at radius 3 is 2.81 bits per heavy atom. The molecule has 1 aromatic heterocycles. The molecule has 1 atom stereocenters. The Balaban J connectivity index is 1.96. The Hall–Kier alpha value is -1.39. The maximum atomic E-state index is 4.98. The van der Waals surface area contributed by atoms with Crippen LogP contribution in [0, 0.1) is 0 Å². The van der Waals surface area contributed by atoms with Crippen molar-refractivity contribution in [2.45, 2.75) is 38.8 Å². The Labute approximate surface area is 131 Å². The van der Waals surface area contributed by atoms with Crippen LogP contribution in [-0.4, -0.2) is 24.6 Å². The SMILES string of the molecule is CNCc1sc(N2CCCCC2C)nc1-c1ccccc1. The van der Waals surface area contributed by atoms with Crippen molar-refractivity contribution in [2.75, 3.05) is 18.5 Å². The van der Waals surface area contributed by atoms with E-state index in [0.29, 0.717) is 6.04 Å². The first-order valence-corrected chi connectivity index (χ1v) is 8.57. The summed E-state index contributed by atoms with van der Waals surface area (Å²) in [6.45, 7) is 4.34. The van der Waals surface area contributed by atoms with Crippen molar-refractivity contribution in [1.29, 1.82) is 0 Å². The van der Waals surface area contributed by atoms with Gasteiger partial charge in [0, 0.05) is 29.6 Å². The van der Waals surface area contributed by atoms with E-state index in [0.717, 1.165) is 18.8 Å². The van der Waals surface area contributed by atoms with E-state index in [1.54, 1.807) is 0 Å². The Morgan fingerprint density at radius 2 is 2.10 bits per heavy atom. The number of benzene rings is 1. The first kappa shape index (κ1) is 14.5. The van der Waals surface area contributed by atoms with Crippen LogP contribution in [0.4, 0.5) is 5.13 Å². The number of thiazole rings is 1. The minimum absolute atomic E-state index is 0.607. The van der Waals surface area contributed by atoms with Crippen molar-refractivity contribution < 1.29 is 0 Å². The lowest BCUT2D eigenvalue weighted by Gasteiger charge is -2.33. The summed E-state index contributed by atoms with van der Waals surface area (Å²) in [5, 5.41) is 4.46. The number of nitrogens with zero attached hydrogens (tertiary/aromatic N) is 2. The number of hydrogen-bond acceptors (Lipinski definition) is 4. The summed E-state index contributed by atoms with van der Waals surface area (Å²) in [5.41, 5.74) is 2.36. The number of piperidine rings is 1. The second-order valence-corrected chi connectivity index (χ2v) is 6.76. The quantitative estimate of drug-likeness (QED) is 0.928. The first-order valence-electron chi connectivity index (χ1n) is 7.76. The summed E-state index contributed by atoms with van der Waals surface area (Å²) in [4.78, 5) is 8.79. The van der Waals surface area contributed by atoms with Gasteiger partial charge in [-0.05, 0) is 33.2 Å². The van der Waals surface area contributed by atoms with Crippen LogP contribution in [0.2, 0.25) is 0 Å². The molecule has 4 heteroatoms. The molecule has 2 aromatic rings. The minimum atomic E-state index is 0.607. The van der Waals surface area contributed by atoms with Crippen molar-refractivity contribution in [3.05, 3.63) is 35.2 Å². The number of rotatable bonds is 4. The van der Waals surface area contributed by atoms with Crippen LogP contribution >= 0.6 is 11.3 Å². The fourth-order valence-electron chi connectivity index (χ4n) is 2.95. The molecule has 1 aliphatic heterocycles. The molecule has 3 nitrogen and oxygen atoms in total. The van der Waals surface area contributed by atoms with E-state index >= 15 is 0 Å². The number of nitrogens with one attached hydrogen (secondary N) is 1. The van der Waals surface area contributed by atoms with Gasteiger partial charge in [-0.25, -0.2) is 4.98 Å². The molecule has 2 heterocycles. The van der Waals surface area contributed by atoms with Crippen LogP contribution < -0.4 is 10.2 Å². The zero-order valence-corrected chi connectivity index (χ0v) is 13.6. The molecule has 1 N–H and O–H groups in total. The number of hydrogen-bond donors (Lipinski definition) is 1. The van der Waals surface area contributed by atoms with Gasteiger partial charge in [0.05, 0.1) is 5.69 Å². The van der Waals surface area contributed by atoms with E-state index in [2.05, 4.69) is 47.5 Å². The largest absolute Gasteiger partial charge is 0.345 e. The third kappa shape index (κ3) is 3.11. The van der Waals surface area contributed by atoms with Crippen LogP contribution in [0.25, 0.3) is 11.3 Å². The van der Waals surface area contributed by atoms with Crippen LogP contribution in [-0.2, 0) is 6.54 Å². The molecule has 1 aliphatic rings. The van der Waals surface area contributed by atoms with Gasteiger partial charge in [0.1, 0.15) is 0 Å². The topological polar surface area (TPSA) is 28.2 Å². The molecule has 112 valence electrons. The average Bonchev–Trinajstić information content (AvgIpc) is 2.93. The number of anilines is 1. The van der Waals surface area contributed by atoms with Gasteiger partial charge in [-0.2, -0.15) is 0 Å². The third-order valence-electron chi connectivity index (χ3n) is 4.12. The minimum Gasteiger partial charge on any atom is -0.345 e. The molecule has 0 saturated carbocycles. The van der Waals surface area contributed by atoms with Crippen LogP contribution in [0.1, 0.15) is 31.1 Å². The van der Waals surface area contributed by atoms with Crippen molar-refractivity contribution in [3.63, 3.8) is 0 Å². The number of aromatic nitrogens is 1. The second kappa shape index (κ2) is 6.58. The third-order valence-corrected chi connectivity index (χ3v) is 5.21. The molecule has 0 radical (unpaired) electrons. The molecule has 21 heavy (non-hydrogen) atoms. The smallest absolute Gasteiger partial charge is 0.186 e. The zero-order chi connectivity index (χ0) is 14.7. The molecule has 3 rings (SSSR count). The summed E-state index contributed by atoms with van der Waals surface area (Å²) in [6, 6.07) is 11.1. The van der Waals surface area contributed by atoms with E-state index in [1.165, 1.54) is 34.8 Å². The fraction of sp³-hybridized carbons (Fsp3) is 0.471. The highest BCUT2D eigenvalue weighted by molar-refractivity contribution is 7.16. The van der Waals surface area contributed by atoms with Gasteiger partial charge in [-0.15, -0.1) is 0 Å². The molecule has 0 aliphatic carbocycles. The van der Waals surface area contributed by atoms with Gasteiger partial charge in [0.25, 0.3) is 0 Å². The maximum Gasteiger partial charge on any atom is 0.186 e. The van der Waals surface area contributed by atoms with E-state index < -0.39 is 0 Å². The maximum absolute atomic E-state index is 4.98. The summed E-state index contributed by atoms with van der Waals surface area (Å²) < 4.78 is 0.